The first kappa shape index (κ1) is 34.9. The molecule has 1 aliphatic carbocycles. The fraction of sp³-hybridized carbons (Fsp3) is 0.255. The Morgan fingerprint density at radius 3 is 2.15 bits per heavy atom. The molecule has 0 amide bonds. The molecule has 0 spiro atoms. The highest BCUT2D eigenvalue weighted by Crippen LogP contribution is 2.43. The lowest BCUT2D eigenvalue weighted by molar-refractivity contribution is 0.395. The first-order valence-electron chi connectivity index (χ1n) is 18.7. The van der Waals surface area contributed by atoms with Crippen LogP contribution >= 0.6 is 0 Å². The number of hydrogen-bond acceptors (Lipinski definition) is 5. The van der Waals surface area contributed by atoms with E-state index in [1.807, 2.05) is 30.6 Å². The maximum absolute atomic E-state index is 5.14. The second-order valence-electron chi connectivity index (χ2n) is 14.0. The molecule has 0 unspecified atom stereocenters. The predicted octanol–water partition coefficient (Wildman–Crippen LogP) is 11.3. The summed E-state index contributed by atoms with van der Waals surface area (Å²) < 4.78 is 0. The quantitative estimate of drug-likeness (QED) is 0.127. The summed E-state index contributed by atoms with van der Waals surface area (Å²) in [6, 6.07) is 36.9. The van der Waals surface area contributed by atoms with Crippen molar-refractivity contribution in [3.8, 4) is 22.5 Å². The van der Waals surface area contributed by atoms with E-state index in [4.69, 9.17) is 15.0 Å². The zero-order valence-corrected chi connectivity index (χ0v) is 30.5. The SMILES string of the molecule is CC/C=C\C=C(/C)c1nc(Cc2ccccc2)nc(-c2cc(-c3ccc(Cc4ccccn4)cc3)cc(C3CCC(c4cccnc4C)CC3)c2)n1. The van der Waals surface area contributed by atoms with Gasteiger partial charge < -0.3 is 0 Å². The van der Waals surface area contributed by atoms with E-state index in [1.54, 1.807) is 0 Å². The fourth-order valence-corrected chi connectivity index (χ4v) is 7.38. The lowest BCUT2D eigenvalue weighted by Gasteiger charge is -2.30. The second-order valence-corrected chi connectivity index (χ2v) is 14.0. The molecule has 1 fully saturated rings. The van der Waals surface area contributed by atoms with Crippen molar-refractivity contribution >= 4 is 5.57 Å². The van der Waals surface area contributed by atoms with Crippen molar-refractivity contribution < 1.29 is 0 Å². The molecule has 6 aromatic rings. The van der Waals surface area contributed by atoms with Crippen molar-refractivity contribution in [3.63, 3.8) is 0 Å². The monoisotopic (exact) mass is 681 g/mol. The summed E-state index contributed by atoms with van der Waals surface area (Å²) >= 11 is 0. The molecule has 260 valence electrons. The molecule has 3 aromatic carbocycles. The van der Waals surface area contributed by atoms with Gasteiger partial charge >= 0.3 is 0 Å². The number of aromatic nitrogens is 5. The second kappa shape index (κ2) is 16.6. The van der Waals surface area contributed by atoms with Gasteiger partial charge in [0, 0.05) is 42.2 Å². The first-order chi connectivity index (χ1) is 25.5. The summed E-state index contributed by atoms with van der Waals surface area (Å²) in [6.07, 6.45) is 17.1. The molecule has 5 heteroatoms. The minimum Gasteiger partial charge on any atom is -0.261 e. The van der Waals surface area contributed by atoms with Crippen LogP contribution in [0.4, 0.5) is 0 Å². The van der Waals surface area contributed by atoms with Crippen LogP contribution in [0.15, 0.2) is 134 Å². The van der Waals surface area contributed by atoms with E-state index in [0.717, 1.165) is 78.5 Å². The average Bonchev–Trinajstić information content (AvgIpc) is 3.19. The van der Waals surface area contributed by atoms with Gasteiger partial charge in [-0.1, -0.05) is 97.9 Å². The molecular formula is C47H47N5. The molecule has 1 aliphatic rings. The third kappa shape index (κ3) is 8.66. The zero-order chi connectivity index (χ0) is 35.7. The van der Waals surface area contributed by atoms with Gasteiger partial charge in [0.2, 0.25) is 0 Å². The smallest absolute Gasteiger partial charge is 0.163 e. The topological polar surface area (TPSA) is 64.5 Å². The van der Waals surface area contributed by atoms with Gasteiger partial charge in [0.15, 0.2) is 11.6 Å². The van der Waals surface area contributed by atoms with Gasteiger partial charge in [0.25, 0.3) is 0 Å². The van der Waals surface area contributed by atoms with Gasteiger partial charge in [0.1, 0.15) is 5.82 Å². The maximum atomic E-state index is 5.14. The molecule has 7 rings (SSSR count). The summed E-state index contributed by atoms with van der Waals surface area (Å²) in [6.45, 7) is 6.37. The van der Waals surface area contributed by atoms with Gasteiger partial charge in [-0.05, 0) is 127 Å². The number of aryl methyl sites for hydroxylation is 1. The Balaban J connectivity index is 1.27. The molecule has 3 heterocycles. The highest BCUT2D eigenvalue weighted by molar-refractivity contribution is 5.73. The third-order valence-electron chi connectivity index (χ3n) is 10.3. The Bertz CT molecular complexity index is 2150. The van der Waals surface area contributed by atoms with Crippen molar-refractivity contribution in [2.45, 2.75) is 77.6 Å². The van der Waals surface area contributed by atoms with Crippen molar-refractivity contribution in [3.05, 3.63) is 179 Å². The van der Waals surface area contributed by atoms with Crippen LogP contribution in [-0.4, -0.2) is 24.9 Å². The summed E-state index contributed by atoms with van der Waals surface area (Å²) in [5.41, 5.74) is 11.8. The Kier molecular flexibility index (Phi) is 11.2. The lowest BCUT2D eigenvalue weighted by Crippen LogP contribution is -2.13. The first-order valence-corrected chi connectivity index (χ1v) is 18.7. The molecular weight excluding hydrogens is 635 g/mol. The molecule has 0 aliphatic heterocycles. The molecule has 0 N–H and O–H groups in total. The van der Waals surface area contributed by atoms with E-state index in [-0.39, 0.29) is 0 Å². The van der Waals surface area contributed by atoms with Crippen LogP contribution in [0.2, 0.25) is 0 Å². The predicted molar refractivity (Wildman–Crippen MR) is 213 cm³/mol. The summed E-state index contributed by atoms with van der Waals surface area (Å²) in [7, 11) is 0. The van der Waals surface area contributed by atoms with Gasteiger partial charge in [-0.25, -0.2) is 15.0 Å². The summed E-state index contributed by atoms with van der Waals surface area (Å²) in [5.74, 6) is 3.23. The minimum atomic E-state index is 0.460. The lowest BCUT2D eigenvalue weighted by atomic mass is 9.75. The van der Waals surface area contributed by atoms with E-state index >= 15 is 0 Å². The van der Waals surface area contributed by atoms with Gasteiger partial charge in [-0.15, -0.1) is 0 Å². The molecule has 0 radical (unpaired) electrons. The van der Waals surface area contributed by atoms with Crippen LogP contribution in [0, 0.1) is 6.92 Å². The Morgan fingerprint density at radius 2 is 1.40 bits per heavy atom. The van der Waals surface area contributed by atoms with E-state index in [2.05, 4.69) is 134 Å². The molecule has 3 aromatic heterocycles. The summed E-state index contributed by atoms with van der Waals surface area (Å²) in [5, 5.41) is 0. The maximum Gasteiger partial charge on any atom is 0.163 e. The third-order valence-corrected chi connectivity index (χ3v) is 10.3. The minimum absolute atomic E-state index is 0.460. The van der Waals surface area contributed by atoms with E-state index < -0.39 is 0 Å². The Hall–Kier alpha value is -5.55. The average molecular weight is 682 g/mol. The van der Waals surface area contributed by atoms with Gasteiger partial charge in [-0.3, -0.25) is 9.97 Å². The Morgan fingerprint density at radius 1 is 0.673 bits per heavy atom. The molecule has 1 saturated carbocycles. The van der Waals surface area contributed by atoms with E-state index in [1.165, 1.54) is 33.4 Å². The van der Waals surface area contributed by atoms with Crippen LogP contribution < -0.4 is 0 Å². The van der Waals surface area contributed by atoms with Gasteiger partial charge in [-0.2, -0.15) is 0 Å². The normalized spacial score (nSPS) is 16.3. The summed E-state index contributed by atoms with van der Waals surface area (Å²) in [4.78, 5) is 24.4. The van der Waals surface area contributed by atoms with Crippen LogP contribution in [0.1, 0.15) is 103 Å². The van der Waals surface area contributed by atoms with Gasteiger partial charge in [0.05, 0.1) is 0 Å². The number of pyridine rings is 2. The number of nitrogens with zero attached hydrogens (tertiary/aromatic N) is 5. The number of allylic oxidation sites excluding steroid dienone is 4. The van der Waals surface area contributed by atoms with Crippen molar-refractivity contribution in [1.29, 1.82) is 0 Å². The molecule has 5 nitrogen and oxygen atoms in total. The van der Waals surface area contributed by atoms with Crippen LogP contribution in [-0.2, 0) is 12.8 Å². The van der Waals surface area contributed by atoms with Crippen LogP contribution in [0.3, 0.4) is 0 Å². The van der Waals surface area contributed by atoms with Crippen molar-refractivity contribution in [1.82, 2.24) is 24.9 Å². The van der Waals surface area contributed by atoms with Crippen LogP contribution in [0.25, 0.3) is 28.1 Å². The number of rotatable bonds is 11. The highest BCUT2D eigenvalue weighted by atomic mass is 15.0. The van der Waals surface area contributed by atoms with Crippen LogP contribution in [0.5, 0.6) is 0 Å². The van der Waals surface area contributed by atoms with E-state index in [0.29, 0.717) is 18.3 Å². The van der Waals surface area contributed by atoms with E-state index in [9.17, 15) is 0 Å². The largest absolute Gasteiger partial charge is 0.261 e. The van der Waals surface area contributed by atoms with Crippen molar-refractivity contribution in [2.75, 3.05) is 0 Å². The highest BCUT2D eigenvalue weighted by Gasteiger charge is 2.26. The molecule has 52 heavy (non-hydrogen) atoms. The fourth-order valence-electron chi connectivity index (χ4n) is 7.38. The molecule has 0 bridgehead atoms. The Labute approximate surface area is 308 Å². The molecule has 0 saturated heterocycles. The number of hydrogen-bond donors (Lipinski definition) is 0. The standard InChI is InChI=1S/C47H47N5/c1-4-5-7-13-33(2)46-50-45(29-35-14-8-6-9-15-35)51-47(52-46)42-31-40(37-20-18-36(19-21-37)28-43-16-10-11-26-49-43)30-41(32-42)38-22-24-39(25-23-38)44-17-12-27-48-34(44)3/h5-21,26-27,30-32,38-39H,4,22-25,28-29H2,1-3H3/b7-5-,33-13+. The number of benzene rings is 3. The zero-order valence-electron chi connectivity index (χ0n) is 30.5. The molecule has 0 atom stereocenters. The van der Waals surface area contributed by atoms with Crippen molar-refractivity contribution in [2.24, 2.45) is 0 Å².